The van der Waals surface area contributed by atoms with Gasteiger partial charge in [0.05, 0.1) is 16.9 Å². The van der Waals surface area contributed by atoms with Crippen LogP contribution in [0, 0.1) is 0 Å². The van der Waals surface area contributed by atoms with E-state index in [-0.39, 0.29) is 21.5 Å². The number of aromatic nitrogens is 1. The third kappa shape index (κ3) is 3.75. The molecular weight excluding hydrogens is 366 g/mol. The predicted octanol–water partition coefficient (Wildman–Crippen LogP) is 1.17. The van der Waals surface area contributed by atoms with Gasteiger partial charge in [-0.2, -0.15) is 4.98 Å². The highest BCUT2D eigenvalue weighted by Crippen LogP contribution is 2.24. The molecule has 0 saturated carbocycles. The van der Waals surface area contributed by atoms with Crippen molar-refractivity contribution in [3.8, 4) is 5.88 Å². The van der Waals surface area contributed by atoms with E-state index >= 15 is 0 Å². The molecule has 2 rings (SSSR count). The van der Waals surface area contributed by atoms with Gasteiger partial charge in [-0.15, -0.1) is 0 Å². The van der Waals surface area contributed by atoms with Gasteiger partial charge in [-0.1, -0.05) is 12.1 Å². The van der Waals surface area contributed by atoms with Crippen LogP contribution < -0.4 is 9.04 Å². The van der Waals surface area contributed by atoms with Crippen LogP contribution in [0.5, 0.6) is 5.88 Å². The van der Waals surface area contributed by atoms with Gasteiger partial charge in [0, 0.05) is 27.2 Å². The molecule has 0 bridgehead atoms. The predicted molar refractivity (Wildman–Crippen MR) is 93.7 cm³/mol. The van der Waals surface area contributed by atoms with Crippen LogP contribution >= 0.6 is 0 Å². The van der Waals surface area contributed by atoms with Crippen LogP contribution in [0.2, 0.25) is 0 Å². The minimum Gasteiger partial charge on any atom is -0.481 e. The average molecular weight is 385 g/mol. The zero-order chi connectivity index (χ0) is 18.8. The van der Waals surface area contributed by atoms with Crippen molar-refractivity contribution in [1.29, 1.82) is 0 Å². The second kappa shape index (κ2) is 6.98. The number of benzene rings is 1. The van der Waals surface area contributed by atoms with Crippen LogP contribution in [-0.4, -0.2) is 54.4 Å². The first kappa shape index (κ1) is 19.2. The third-order valence-corrected chi connectivity index (χ3v) is 7.05. The topological polar surface area (TPSA) is 96.9 Å². The molecular formula is C15H19N3O5S2. The van der Waals surface area contributed by atoms with E-state index in [2.05, 4.69) is 4.98 Å². The van der Waals surface area contributed by atoms with Gasteiger partial charge in [0.25, 0.3) is 10.0 Å². The number of pyridine rings is 1. The molecule has 2 aromatic rings. The average Bonchev–Trinajstić information content (AvgIpc) is 2.61. The quantitative estimate of drug-likeness (QED) is 0.740. The zero-order valence-corrected chi connectivity index (χ0v) is 15.9. The van der Waals surface area contributed by atoms with Crippen molar-refractivity contribution in [1.82, 2.24) is 9.29 Å². The number of methoxy groups -OCH3 is 1. The van der Waals surface area contributed by atoms with E-state index in [1.807, 2.05) is 0 Å². The minimum atomic E-state index is -3.99. The van der Waals surface area contributed by atoms with Crippen molar-refractivity contribution >= 4 is 25.9 Å². The van der Waals surface area contributed by atoms with E-state index in [0.29, 0.717) is 0 Å². The van der Waals surface area contributed by atoms with Crippen molar-refractivity contribution in [2.24, 2.45) is 0 Å². The molecule has 8 nitrogen and oxygen atoms in total. The summed E-state index contributed by atoms with van der Waals surface area (Å²) in [5.41, 5.74) is 0. The Morgan fingerprint density at radius 1 is 0.880 bits per heavy atom. The highest BCUT2D eigenvalue weighted by Gasteiger charge is 2.25. The normalized spacial score (nSPS) is 12.2. The van der Waals surface area contributed by atoms with Gasteiger partial charge in [0.1, 0.15) is 5.82 Å². The molecule has 1 aromatic carbocycles. The van der Waals surface area contributed by atoms with E-state index < -0.39 is 20.0 Å². The van der Waals surface area contributed by atoms with Gasteiger partial charge in [0.2, 0.25) is 15.9 Å². The lowest BCUT2D eigenvalue weighted by Crippen LogP contribution is -2.28. The van der Waals surface area contributed by atoms with Crippen LogP contribution in [0.4, 0.5) is 5.82 Å². The van der Waals surface area contributed by atoms with Crippen molar-refractivity contribution < 1.29 is 21.6 Å². The van der Waals surface area contributed by atoms with Crippen molar-refractivity contribution in [2.75, 3.05) is 32.6 Å². The van der Waals surface area contributed by atoms with E-state index in [9.17, 15) is 16.8 Å². The number of anilines is 1. The summed E-state index contributed by atoms with van der Waals surface area (Å²) in [5.74, 6) is 0.420. The molecule has 0 spiro atoms. The first-order valence-electron chi connectivity index (χ1n) is 7.13. The molecule has 0 unspecified atom stereocenters. The zero-order valence-electron chi connectivity index (χ0n) is 14.2. The maximum atomic E-state index is 12.8. The molecule has 0 N–H and O–H groups in total. The van der Waals surface area contributed by atoms with Gasteiger partial charge >= 0.3 is 0 Å². The van der Waals surface area contributed by atoms with Crippen molar-refractivity contribution in [3.05, 3.63) is 42.5 Å². The second-order valence-corrected chi connectivity index (χ2v) is 9.39. The lowest BCUT2D eigenvalue weighted by molar-refractivity contribution is 0.398. The molecule has 0 radical (unpaired) electrons. The fraction of sp³-hybridized carbons (Fsp3) is 0.267. The molecule has 0 saturated heterocycles. The highest BCUT2D eigenvalue weighted by molar-refractivity contribution is 7.93. The molecule has 0 amide bonds. The largest absolute Gasteiger partial charge is 0.481 e. The van der Waals surface area contributed by atoms with Crippen molar-refractivity contribution in [2.45, 2.75) is 9.79 Å². The maximum absolute atomic E-state index is 12.8. The number of hydrogen-bond donors (Lipinski definition) is 0. The summed E-state index contributed by atoms with van der Waals surface area (Å²) in [6.45, 7) is 0. The Morgan fingerprint density at radius 2 is 1.44 bits per heavy atom. The third-order valence-electron chi connectivity index (χ3n) is 3.48. The smallest absolute Gasteiger partial charge is 0.265 e. The molecule has 1 heterocycles. The number of sulfonamides is 2. The Labute approximate surface area is 147 Å². The van der Waals surface area contributed by atoms with Crippen LogP contribution in [0.25, 0.3) is 0 Å². The standard InChI is InChI=1S/C15H19N3O5S2/c1-17(2)24(19,20)12-7-5-8-13(11-12)25(21,22)18(3)14-9-6-10-15(16-14)23-4/h5-11H,1-4H3. The molecule has 0 aliphatic heterocycles. The van der Waals surface area contributed by atoms with E-state index in [1.54, 1.807) is 12.1 Å². The van der Waals surface area contributed by atoms with Gasteiger partial charge < -0.3 is 4.74 Å². The number of hydrogen-bond acceptors (Lipinski definition) is 6. The monoisotopic (exact) mass is 385 g/mol. The van der Waals surface area contributed by atoms with Crippen LogP contribution in [0.3, 0.4) is 0 Å². The summed E-state index contributed by atoms with van der Waals surface area (Å²) >= 11 is 0. The summed E-state index contributed by atoms with van der Waals surface area (Å²) in [6, 6.07) is 9.91. The molecule has 136 valence electrons. The van der Waals surface area contributed by atoms with E-state index in [4.69, 9.17) is 4.74 Å². The Kier molecular flexibility index (Phi) is 5.35. The molecule has 0 fully saturated rings. The summed E-state index contributed by atoms with van der Waals surface area (Å²) in [7, 11) is -2.22. The van der Waals surface area contributed by atoms with Crippen LogP contribution in [-0.2, 0) is 20.0 Å². The fourth-order valence-electron chi connectivity index (χ4n) is 1.98. The van der Waals surface area contributed by atoms with Crippen LogP contribution in [0.15, 0.2) is 52.3 Å². The van der Waals surface area contributed by atoms with Crippen LogP contribution in [0.1, 0.15) is 0 Å². The number of rotatable bonds is 6. The molecule has 1 aromatic heterocycles. The first-order valence-corrected chi connectivity index (χ1v) is 10.0. The SMILES string of the molecule is COc1cccc(N(C)S(=O)(=O)c2cccc(S(=O)(=O)N(C)C)c2)n1. The lowest BCUT2D eigenvalue weighted by Gasteiger charge is -2.19. The Balaban J connectivity index is 2.49. The van der Waals surface area contributed by atoms with Gasteiger partial charge in [-0.25, -0.2) is 21.1 Å². The molecule has 10 heteroatoms. The molecule has 25 heavy (non-hydrogen) atoms. The lowest BCUT2D eigenvalue weighted by atomic mass is 10.4. The Bertz CT molecular complexity index is 972. The summed E-state index contributed by atoms with van der Waals surface area (Å²) in [5, 5.41) is 0. The summed E-state index contributed by atoms with van der Waals surface area (Å²) < 4.78 is 57.1. The first-order chi connectivity index (χ1) is 11.6. The Hall–Kier alpha value is -2.17. The second-order valence-electron chi connectivity index (χ2n) is 5.27. The van der Waals surface area contributed by atoms with Gasteiger partial charge in [-0.05, 0) is 24.3 Å². The maximum Gasteiger partial charge on any atom is 0.265 e. The number of ether oxygens (including phenoxy) is 1. The van der Waals surface area contributed by atoms with E-state index in [1.165, 1.54) is 52.5 Å². The van der Waals surface area contributed by atoms with E-state index in [0.717, 1.165) is 14.7 Å². The molecule has 0 aliphatic rings. The highest BCUT2D eigenvalue weighted by atomic mass is 32.2. The summed E-state index contributed by atoms with van der Waals surface area (Å²) in [6.07, 6.45) is 0. The Morgan fingerprint density at radius 3 is 2.00 bits per heavy atom. The minimum absolute atomic E-state index is 0.106. The fourth-order valence-corrected chi connectivity index (χ4v) is 4.19. The molecule has 0 atom stereocenters. The van der Waals surface area contributed by atoms with Gasteiger partial charge in [0.15, 0.2) is 0 Å². The van der Waals surface area contributed by atoms with Crippen molar-refractivity contribution in [3.63, 3.8) is 0 Å². The summed E-state index contributed by atoms with van der Waals surface area (Å²) in [4.78, 5) is 3.82. The number of nitrogens with zero attached hydrogens (tertiary/aromatic N) is 3. The van der Waals surface area contributed by atoms with Gasteiger partial charge in [-0.3, -0.25) is 4.31 Å². The molecule has 0 aliphatic carbocycles.